The Labute approximate surface area is 165 Å². The van der Waals surface area contributed by atoms with Crippen LogP contribution in [0.4, 0.5) is 4.79 Å². The van der Waals surface area contributed by atoms with E-state index >= 15 is 0 Å². The molecule has 0 aliphatic heterocycles. The van der Waals surface area contributed by atoms with E-state index in [2.05, 4.69) is 31.6 Å². The molecular weight excluding hydrogens is 401 g/mol. The van der Waals surface area contributed by atoms with Crippen LogP contribution in [0.5, 0.6) is 0 Å². The van der Waals surface area contributed by atoms with E-state index in [1.54, 1.807) is 0 Å². The number of esters is 1. The molecule has 0 aromatic carbocycles. The number of alkyl carbamates (subject to hydrolysis) is 1. The summed E-state index contributed by atoms with van der Waals surface area (Å²) in [5, 5.41) is 5.91. The molecular formula is C18H34N3O4Se. The van der Waals surface area contributed by atoms with Crippen molar-refractivity contribution >= 4 is 32.8 Å². The Morgan fingerprint density at radius 3 is 2.12 bits per heavy atom. The van der Waals surface area contributed by atoms with Gasteiger partial charge in [0.2, 0.25) is 0 Å². The van der Waals surface area contributed by atoms with Gasteiger partial charge in [0.05, 0.1) is 0 Å². The molecule has 0 aromatic heterocycles. The molecule has 0 aliphatic rings. The van der Waals surface area contributed by atoms with E-state index in [-0.39, 0.29) is 17.9 Å². The van der Waals surface area contributed by atoms with E-state index in [0.717, 1.165) is 0 Å². The summed E-state index contributed by atoms with van der Waals surface area (Å²) in [5.41, 5.74) is -0.551. The van der Waals surface area contributed by atoms with Gasteiger partial charge in [-0.05, 0) is 0 Å². The van der Waals surface area contributed by atoms with Crippen molar-refractivity contribution in [3.05, 3.63) is 0 Å². The Bertz CT molecular complexity index is 487. The average molecular weight is 435 g/mol. The molecule has 0 aliphatic carbocycles. The molecule has 1 amide bonds. The van der Waals surface area contributed by atoms with Gasteiger partial charge in [0.15, 0.2) is 0 Å². The number of amides is 1. The van der Waals surface area contributed by atoms with Crippen molar-refractivity contribution < 1.29 is 19.1 Å². The minimum absolute atomic E-state index is 0.172. The van der Waals surface area contributed by atoms with E-state index < -0.39 is 17.7 Å². The Morgan fingerprint density at radius 1 is 1.12 bits per heavy atom. The first kappa shape index (κ1) is 24.7. The number of carbonyl (C=O) groups is 2. The summed E-state index contributed by atoms with van der Waals surface area (Å²) in [6, 6.07) is -0.645. The molecule has 151 valence electrons. The van der Waals surface area contributed by atoms with E-state index in [4.69, 9.17) is 9.47 Å². The van der Waals surface area contributed by atoms with Crippen LogP contribution in [-0.2, 0) is 14.3 Å². The zero-order valence-corrected chi connectivity index (χ0v) is 18.9. The molecule has 0 saturated carbocycles. The monoisotopic (exact) mass is 436 g/mol. The molecule has 0 rings (SSSR count). The first-order chi connectivity index (χ1) is 11.9. The summed E-state index contributed by atoms with van der Waals surface area (Å²) < 4.78 is 10.6. The van der Waals surface area contributed by atoms with Crippen molar-refractivity contribution in [1.82, 2.24) is 10.6 Å². The number of hydrogen-bond donors (Lipinski definition) is 2. The number of methoxy groups -OCH3 is 1. The third-order valence-electron chi connectivity index (χ3n) is 3.43. The molecule has 0 unspecified atom stereocenters. The van der Waals surface area contributed by atoms with Gasteiger partial charge in [0, 0.05) is 0 Å². The summed E-state index contributed by atoms with van der Waals surface area (Å²) in [4.78, 5) is 28.3. The number of nitrogens with zero attached hydrogens (tertiary/aromatic N) is 1. The molecule has 0 bridgehead atoms. The molecule has 1 radical (unpaired) electrons. The van der Waals surface area contributed by atoms with Crippen LogP contribution in [0.3, 0.4) is 0 Å². The topological polar surface area (TPSA) is 89.0 Å². The molecule has 26 heavy (non-hydrogen) atoms. The van der Waals surface area contributed by atoms with E-state index in [1.807, 2.05) is 48.5 Å². The quantitative estimate of drug-likeness (QED) is 0.264. The van der Waals surface area contributed by atoms with Crippen LogP contribution in [0, 0.1) is 11.8 Å². The summed E-state index contributed by atoms with van der Waals surface area (Å²) >= 11 is 2.83. The van der Waals surface area contributed by atoms with Gasteiger partial charge in [-0.2, -0.15) is 0 Å². The van der Waals surface area contributed by atoms with Crippen LogP contribution in [0.2, 0.25) is 0 Å². The van der Waals surface area contributed by atoms with Crippen molar-refractivity contribution in [1.29, 1.82) is 0 Å². The van der Waals surface area contributed by atoms with Crippen LogP contribution < -0.4 is 10.6 Å². The van der Waals surface area contributed by atoms with Gasteiger partial charge >= 0.3 is 166 Å². The molecule has 0 fully saturated rings. The number of amidine groups is 1. The minimum atomic E-state index is -0.551. The molecule has 2 atom stereocenters. The first-order valence-corrected chi connectivity index (χ1v) is 9.76. The summed E-state index contributed by atoms with van der Waals surface area (Å²) in [5.74, 6) is 0.178. The van der Waals surface area contributed by atoms with E-state index in [0.29, 0.717) is 23.6 Å². The van der Waals surface area contributed by atoms with Gasteiger partial charge in [0.25, 0.3) is 0 Å². The fourth-order valence-electron chi connectivity index (χ4n) is 2.09. The van der Waals surface area contributed by atoms with Gasteiger partial charge in [-0.25, -0.2) is 0 Å². The fourth-order valence-corrected chi connectivity index (χ4v) is 2.54. The van der Waals surface area contributed by atoms with Crippen LogP contribution in [0.25, 0.3) is 0 Å². The summed E-state index contributed by atoms with van der Waals surface area (Å²) in [6.45, 7) is 13.9. The van der Waals surface area contributed by atoms with E-state index in [9.17, 15) is 9.59 Å². The van der Waals surface area contributed by atoms with Crippen LogP contribution in [0.15, 0.2) is 4.99 Å². The predicted molar refractivity (Wildman–Crippen MR) is 104 cm³/mol. The SMILES string of the molecule is COC(=O)[C@H](CC(C)C)NC([Se])=NC[C@@H](NC(=O)OC(C)(C)C)C(C)C. The maximum atomic E-state index is 12.0. The predicted octanol–water partition coefficient (Wildman–Crippen LogP) is 2.24. The third-order valence-corrected chi connectivity index (χ3v) is 3.95. The molecule has 0 saturated heterocycles. The van der Waals surface area contributed by atoms with Gasteiger partial charge in [-0.1, -0.05) is 0 Å². The number of hydrogen-bond acceptors (Lipinski definition) is 5. The van der Waals surface area contributed by atoms with Gasteiger partial charge in [0.1, 0.15) is 0 Å². The number of rotatable bonds is 8. The van der Waals surface area contributed by atoms with Crippen LogP contribution in [0.1, 0.15) is 54.9 Å². The van der Waals surface area contributed by atoms with Crippen molar-refractivity contribution in [2.75, 3.05) is 13.7 Å². The van der Waals surface area contributed by atoms with Crippen molar-refractivity contribution in [3.63, 3.8) is 0 Å². The molecule has 7 nitrogen and oxygen atoms in total. The fraction of sp³-hybridized carbons (Fsp3) is 0.833. The molecule has 0 aromatic rings. The number of nitrogens with one attached hydrogen (secondary N) is 2. The Balaban J connectivity index is 4.86. The summed E-state index contributed by atoms with van der Waals surface area (Å²) in [6.07, 6.45) is 0.171. The second-order valence-corrected chi connectivity index (χ2v) is 8.80. The normalized spacial score (nSPS) is 14.8. The summed E-state index contributed by atoms with van der Waals surface area (Å²) in [7, 11) is 1.37. The standard InChI is InChI=1S/C18H34N3O4Se/c1-11(2)9-13(15(22)24-8)20-16(26)19-10-14(12(3)4)21-17(23)25-18(5,6)7/h11-14H,9-10H2,1-8H3,(H,19,20)(H,21,23)/t13-,14+/m0/s1. The van der Waals surface area contributed by atoms with Gasteiger partial charge in [-0.15, -0.1) is 0 Å². The third kappa shape index (κ3) is 11.4. The van der Waals surface area contributed by atoms with Gasteiger partial charge in [-0.3, -0.25) is 0 Å². The molecule has 8 heteroatoms. The molecule has 2 N–H and O–H groups in total. The zero-order valence-electron chi connectivity index (χ0n) is 17.2. The first-order valence-electron chi connectivity index (χ1n) is 8.91. The van der Waals surface area contributed by atoms with E-state index in [1.165, 1.54) is 7.11 Å². The van der Waals surface area contributed by atoms with Gasteiger partial charge < -0.3 is 0 Å². The van der Waals surface area contributed by atoms with Crippen molar-refractivity contribution in [3.8, 4) is 0 Å². The Hall–Kier alpha value is -1.27. The molecule has 0 heterocycles. The van der Waals surface area contributed by atoms with Crippen LogP contribution >= 0.6 is 0 Å². The Kier molecular flexibility index (Phi) is 10.9. The Morgan fingerprint density at radius 2 is 1.69 bits per heavy atom. The maximum absolute atomic E-state index is 12.0. The second-order valence-electron chi connectivity index (χ2n) is 7.99. The van der Waals surface area contributed by atoms with Crippen LogP contribution in [-0.4, -0.2) is 64.1 Å². The zero-order chi connectivity index (χ0) is 20.5. The van der Waals surface area contributed by atoms with Crippen molar-refractivity contribution in [2.45, 2.75) is 72.6 Å². The second kappa shape index (κ2) is 11.4. The number of carbonyl (C=O) groups excluding carboxylic acids is 2. The number of ether oxygens (including phenoxy) is 2. The number of aliphatic imine (C=N–C) groups is 1. The average Bonchev–Trinajstić information content (AvgIpc) is 2.47. The van der Waals surface area contributed by atoms with Crippen molar-refractivity contribution in [2.24, 2.45) is 16.8 Å². The molecule has 0 spiro atoms.